The van der Waals surface area contributed by atoms with Crippen LogP contribution in [-0.2, 0) is 9.59 Å². The SMILES string of the molecule is CC(C)CN(CC(=O)O)C(=O)C1(CN)CCCCC1. The lowest BCUT2D eigenvalue weighted by Gasteiger charge is -2.39. The third-order valence-corrected chi connectivity index (χ3v) is 3.85. The number of rotatable bonds is 6. The van der Waals surface area contributed by atoms with Gasteiger partial charge >= 0.3 is 5.97 Å². The van der Waals surface area contributed by atoms with E-state index in [0.29, 0.717) is 13.1 Å². The van der Waals surface area contributed by atoms with Crippen molar-refractivity contribution in [3.8, 4) is 0 Å². The van der Waals surface area contributed by atoms with Crippen LogP contribution in [0, 0.1) is 11.3 Å². The van der Waals surface area contributed by atoms with Crippen LogP contribution in [-0.4, -0.2) is 41.5 Å². The Morgan fingerprint density at radius 3 is 2.26 bits per heavy atom. The van der Waals surface area contributed by atoms with Crippen molar-refractivity contribution < 1.29 is 14.7 Å². The summed E-state index contributed by atoms with van der Waals surface area (Å²) >= 11 is 0. The molecule has 1 fully saturated rings. The van der Waals surface area contributed by atoms with Crippen LogP contribution in [0.5, 0.6) is 0 Å². The van der Waals surface area contributed by atoms with E-state index in [1.165, 1.54) is 4.90 Å². The van der Waals surface area contributed by atoms with Crippen molar-refractivity contribution in [2.75, 3.05) is 19.6 Å². The van der Waals surface area contributed by atoms with E-state index in [9.17, 15) is 9.59 Å². The molecule has 19 heavy (non-hydrogen) atoms. The van der Waals surface area contributed by atoms with E-state index < -0.39 is 11.4 Å². The zero-order chi connectivity index (χ0) is 14.5. The number of amides is 1. The Balaban J connectivity index is 2.85. The van der Waals surface area contributed by atoms with Gasteiger partial charge in [-0.15, -0.1) is 0 Å². The molecule has 0 radical (unpaired) electrons. The zero-order valence-electron chi connectivity index (χ0n) is 12.0. The lowest BCUT2D eigenvalue weighted by molar-refractivity contribution is -0.151. The molecule has 0 saturated heterocycles. The van der Waals surface area contributed by atoms with E-state index in [2.05, 4.69) is 0 Å². The van der Waals surface area contributed by atoms with Gasteiger partial charge in [-0.3, -0.25) is 9.59 Å². The predicted molar refractivity (Wildman–Crippen MR) is 73.6 cm³/mol. The molecule has 0 aromatic rings. The molecule has 5 heteroatoms. The van der Waals surface area contributed by atoms with E-state index in [1.807, 2.05) is 13.8 Å². The van der Waals surface area contributed by atoms with E-state index in [4.69, 9.17) is 10.8 Å². The minimum absolute atomic E-state index is 0.0641. The normalized spacial score (nSPS) is 18.3. The summed E-state index contributed by atoms with van der Waals surface area (Å²) in [5.41, 5.74) is 5.32. The Bertz CT molecular complexity index is 323. The molecule has 0 spiro atoms. The van der Waals surface area contributed by atoms with Gasteiger partial charge in [-0.05, 0) is 18.8 Å². The van der Waals surface area contributed by atoms with Crippen LogP contribution in [0.25, 0.3) is 0 Å². The highest BCUT2D eigenvalue weighted by Gasteiger charge is 2.41. The summed E-state index contributed by atoms with van der Waals surface area (Å²) in [7, 11) is 0. The highest BCUT2D eigenvalue weighted by molar-refractivity contribution is 5.86. The Morgan fingerprint density at radius 1 is 1.26 bits per heavy atom. The minimum atomic E-state index is -0.961. The lowest BCUT2D eigenvalue weighted by Crippen LogP contribution is -2.51. The van der Waals surface area contributed by atoms with Crippen molar-refractivity contribution in [3.63, 3.8) is 0 Å². The fraction of sp³-hybridized carbons (Fsp3) is 0.857. The van der Waals surface area contributed by atoms with Crippen LogP contribution in [0.15, 0.2) is 0 Å². The molecule has 1 aliphatic carbocycles. The first-order valence-corrected chi connectivity index (χ1v) is 7.12. The van der Waals surface area contributed by atoms with E-state index in [0.717, 1.165) is 32.1 Å². The van der Waals surface area contributed by atoms with Crippen molar-refractivity contribution >= 4 is 11.9 Å². The first-order chi connectivity index (χ1) is 8.91. The van der Waals surface area contributed by atoms with Gasteiger partial charge in [0, 0.05) is 13.1 Å². The smallest absolute Gasteiger partial charge is 0.323 e. The molecule has 0 unspecified atom stereocenters. The third kappa shape index (κ3) is 4.20. The van der Waals surface area contributed by atoms with Crippen LogP contribution < -0.4 is 5.73 Å². The number of carbonyl (C=O) groups excluding carboxylic acids is 1. The van der Waals surface area contributed by atoms with Crippen LogP contribution in [0.1, 0.15) is 46.0 Å². The Hall–Kier alpha value is -1.10. The molecule has 0 atom stereocenters. The van der Waals surface area contributed by atoms with Crippen LogP contribution in [0.3, 0.4) is 0 Å². The topological polar surface area (TPSA) is 83.6 Å². The zero-order valence-corrected chi connectivity index (χ0v) is 12.0. The van der Waals surface area contributed by atoms with Crippen LogP contribution in [0.2, 0.25) is 0 Å². The van der Waals surface area contributed by atoms with E-state index >= 15 is 0 Å². The average Bonchev–Trinajstić information content (AvgIpc) is 2.36. The number of nitrogens with two attached hydrogens (primary N) is 1. The minimum Gasteiger partial charge on any atom is -0.480 e. The molecule has 1 saturated carbocycles. The average molecular weight is 270 g/mol. The number of aliphatic carboxylic acids is 1. The Morgan fingerprint density at radius 2 is 1.84 bits per heavy atom. The fourth-order valence-electron chi connectivity index (χ4n) is 2.89. The number of hydrogen-bond acceptors (Lipinski definition) is 3. The summed E-state index contributed by atoms with van der Waals surface area (Å²) in [5, 5.41) is 8.98. The summed E-state index contributed by atoms with van der Waals surface area (Å²) in [6.07, 6.45) is 4.72. The molecule has 0 aliphatic heterocycles. The van der Waals surface area contributed by atoms with Gasteiger partial charge in [-0.25, -0.2) is 0 Å². The molecular formula is C14H26N2O3. The maximum atomic E-state index is 12.7. The molecule has 0 aromatic heterocycles. The molecule has 0 bridgehead atoms. The summed E-state index contributed by atoms with van der Waals surface area (Å²) in [6.45, 7) is 4.54. The number of carbonyl (C=O) groups is 2. The van der Waals surface area contributed by atoms with Gasteiger partial charge in [0.2, 0.25) is 5.91 Å². The highest BCUT2D eigenvalue weighted by Crippen LogP contribution is 2.37. The maximum absolute atomic E-state index is 12.7. The molecule has 0 heterocycles. The second-order valence-corrected chi connectivity index (χ2v) is 6.02. The quantitative estimate of drug-likeness (QED) is 0.765. The summed E-state index contributed by atoms with van der Waals surface area (Å²) in [5.74, 6) is -0.774. The van der Waals surface area contributed by atoms with Gasteiger partial charge in [-0.1, -0.05) is 33.1 Å². The van der Waals surface area contributed by atoms with E-state index in [-0.39, 0.29) is 18.4 Å². The third-order valence-electron chi connectivity index (χ3n) is 3.85. The van der Waals surface area contributed by atoms with Crippen molar-refractivity contribution in [2.45, 2.75) is 46.0 Å². The first-order valence-electron chi connectivity index (χ1n) is 7.12. The number of carboxylic acids is 1. The van der Waals surface area contributed by atoms with Gasteiger partial charge in [0.1, 0.15) is 6.54 Å². The number of nitrogens with zero attached hydrogens (tertiary/aromatic N) is 1. The van der Waals surface area contributed by atoms with E-state index in [1.54, 1.807) is 0 Å². The lowest BCUT2D eigenvalue weighted by atomic mass is 9.73. The van der Waals surface area contributed by atoms with Crippen molar-refractivity contribution in [2.24, 2.45) is 17.1 Å². The fourth-order valence-corrected chi connectivity index (χ4v) is 2.89. The summed E-state index contributed by atoms with van der Waals surface area (Å²) < 4.78 is 0. The summed E-state index contributed by atoms with van der Waals surface area (Å²) in [4.78, 5) is 25.1. The second-order valence-electron chi connectivity index (χ2n) is 6.02. The number of carboxylic acid groups (broad SMARTS) is 1. The van der Waals surface area contributed by atoms with Gasteiger partial charge in [0.15, 0.2) is 0 Å². The van der Waals surface area contributed by atoms with Crippen LogP contribution >= 0.6 is 0 Å². The highest BCUT2D eigenvalue weighted by atomic mass is 16.4. The molecule has 5 nitrogen and oxygen atoms in total. The summed E-state index contributed by atoms with van der Waals surface area (Å²) in [6, 6.07) is 0. The van der Waals surface area contributed by atoms with Crippen molar-refractivity contribution in [1.82, 2.24) is 4.90 Å². The van der Waals surface area contributed by atoms with Crippen LogP contribution in [0.4, 0.5) is 0 Å². The molecule has 0 aromatic carbocycles. The molecule has 110 valence electrons. The molecule has 3 N–H and O–H groups in total. The van der Waals surface area contributed by atoms with Gasteiger partial charge in [0.25, 0.3) is 0 Å². The molecular weight excluding hydrogens is 244 g/mol. The van der Waals surface area contributed by atoms with Gasteiger partial charge in [-0.2, -0.15) is 0 Å². The second kappa shape index (κ2) is 6.89. The maximum Gasteiger partial charge on any atom is 0.323 e. The van der Waals surface area contributed by atoms with Crippen molar-refractivity contribution in [1.29, 1.82) is 0 Å². The molecule has 1 rings (SSSR count). The van der Waals surface area contributed by atoms with Gasteiger partial charge < -0.3 is 15.7 Å². The van der Waals surface area contributed by atoms with Gasteiger partial charge in [0.05, 0.1) is 5.41 Å². The standard InChI is InChI=1S/C14H26N2O3/c1-11(2)8-16(9-12(17)18)13(19)14(10-15)6-4-3-5-7-14/h11H,3-10,15H2,1-2H3,(H,17,18). The molecule has 1 aliphatic rings. The monoisotopic (exact) mass is 270 g/mol. The van der Waals surface area contributed by atoms with Crippen molar-refractivity contribution in [3.05, 3.63) is 0 Å². The predicted octanol–water partition coefficient (Wildman–Crippen LogP) is 1.46. The number of hydrogen-bond donors (Lipinski definition) is 2. The Kier molecular flexibility index (Phi) is 5.79. The first kappa shape index (κ1) is 16.0. The Labute approximate surface area is 115 Å². The largest absolute Gasteiger partial charge is 0.480 e. The molecule has 1 amide bonds.